The van der Waals surface area contributed by atoms with Crippen LogP contribution < -0.4 is 5.32 Å². The van der Waals surface area contributed by atoms with Crippen molar-refractivity contribution in [2.75, 3.05) is 17.6 Å². The fourth-order valence-electron chi connectivity index (χ4n) is 0.967. The highest BCUT2D eigenvalue weighted by molar-refractivity contribution is 7.85. The van der Waals surface area contributed by atoms with Crippen LogP contribution in [-0.4, -0.2) is 25.3 Å². The third-order valence-corrected chi connectivity index (χ3v) is 2.65. The fraction of sp³-hybridized carbons (Fsp3) is 0.250. The first kappa shape index (κ1) is 11.4. The van der Waals surface area contributed by atoms with Gasteiger partial charge in [-0.1, -0.05) is 6.07 Å². The third-order valence-electron chi connectivity index (χ3n) is 1.57. The van der Waals surface area contributed by atoms with Gasteiger partial charge < -0.3 is 5.32 Å². The van der Waals surface area contributed by atoms with Crippen molar-refractivity contribution in [2.24, 2.45) is 0 Å². The van der Waals surface area contributed by atoms with Crippen LogP contribution in [0.3, 0.4) is 0 Å². The van der Waals surface area contributed by atoms with Gasteiger partial charge in [0, 0.05) is 18.0 Å². The molecule has 78 valence electrons. The Kier molecular flexibility index (Phi) is 3.79. The van der Waals surface area contributed by atoms with E-state index in [9.17, 15) is 8.42 Å². The summed E-state index contributed by atoms with van der Waals surface area (Å²) in [6.45, 7) is 0.637. The Morgan fingerprint density at radius 2 is 2.14 bits per heavy atom. The van der Waals surface area contributed by atoms with Crippen molar-refractivity contribution in [3.8, 4) is 0 Å². The van der Waals surface area contributed by atoms with E-state index in [0.29, 0.717) is 18.0 Å². The summed E-state index contributed by atoms with van der Waals surface area (Å²) >= 11 is 4.00. The summed E-state index contributed by atoms with van der Waals surface area (Å²) < 4.78 is 30.3. The Bertz CT molecular complexity index is 403. The van der Waals surface area contributed by atoms with Crippen LogP contribution in [0.5, 0.6) is 0 Å². The molecule has 4 nitrogen and oxygen atoms in total. The molecule has 0 saturated heterocycles. The Hall–Kier alpha value is -0.720. The minimum atomic E-state index is -4.11. The molecular formula is C8H11NO3S2. The molecule has 0 radical (unpaired) electrons. The van der Waals surface area contributed by atoms with Crippen molar-refractivity contribution >= 4 is 28.4 Å². The van der Waals surface area contributed by atoms with Crippen LogP contribution in [0, 0.1) is 0 Å². The third kappa shape index (κ3) is 3.21. The number of anilines is 1. The van der Waals surface area contributed by atoms with Crippen LogP contribution in [0.15, 0.2) is 29.2 Å². The van der Waals surface area contributed by atoms with Gasteiger partial charge in [0.1, 0.15) is 0 Å². The molecule has 1 rings (SSSR count). The van der Waals surface area contributed by atoms with Crippen molar-refractivity contribution in [1.82, 2.24) is 0 Å². The van der Waals surface area contributed by atoms with Crippen molar-refractivity contribution in [1.29, 1.82) is 0 Å². The van der Waals surface area contributed by atoms with Gasteiger partial charge in [-0.2, -0.15) is 21.0 Å². The molecule has 1 aromatic rings. The minimum absolute atomic E-state index is 0.110. The Morgan fingerprint density at radius 3 is 2.71 bits per heavy atom. The van der Waals surface area contributed by atoms with Gasteiger partial charge in [0.2, 0.25) is 0 Å². The number of benzene rings is 1. The first-order chi connectivity index (χ1) is 6.54. The van der Waals surface area contributed by atoms with E-state index >= 15 is 0 Å². The van der Waals surface area contributed by atoms with E-state index in [2.05, 4.69) is 17.9 Å². The number of thiol groups is 1. The normalized spacial score (nSPS) is 11.3. The first-order valence-electron chi connectivity index (χ1n) is 3.96. The molecule has 1 aromatic carbocycles. The molecule has 0 saturated carbocycles. The van der Waals surface area contributed by atoms with Gasteiger partial charge in [-0.25, -0.2) is 0 Å². The van der Waals surface area contributed by atoms with Gasteiger partial charge in [-0.3, -0.25) is 4.55 Å². The molecule has 0 aliphatic rings. The van der Waals surface area contributed by atoms with Crippen molar-refractivity contribution in [2.45, 2.75) is 4.90 Å². The highest BCUT2D eigenvalue weighted by Crippen LogP contribution is 2.14. The zero-order chi connectivity index (χ0) is 10.6. The van der Waals surface area contributed by atoms with Crippen LogP contribution in [0.25, 0.3) is 0 Å². The van der Waals surface area contributed by atoms with Crippen LogP contribution >= 0.6 is 12.6 Å². The maximum absolute atomic E-state index is 10.8. The molecule has 0 spiro atoms. The number of hydrogen-bond donors (Lipinski definition) is 3. The molecule has 0 unspecified atom stereocenters. The summed E-state index contributed by atoms with van der Waals surface area (Å²) in [6.07, 6.45) is 0. The highest BCUT2D eigenvalue weighted by atomic mass is 32.2. The van der Waals surface area contributed by atoms with Crippen LogP contribution in [0.1, 0.15) is 0 Å². The molecule has 0 aliphatic carbocycles. The Morgan fingerprint density at radius 1 is 1.43 bits per heavy atom. The lowest BCUT2D eigenvalue weighted by atomic mass is 10.3. The van der Waals surface area contributed by atoms with Gasteiger partial charge in [-0.05, 0) is 18.2 Å². The fourth-order valence-corrected chi connectivity index (χ4v) is 1.60. The number of nitrogens with one attached hydrogen (secondary N) is 1. The Labute approximate surface area is 88.5 Å². The lowest BCUT2D eigenvalue weighted by Gasteiger charge is -2.05. The number of hydrogen-bond acceptors (Lipinski definition) is 4. The molecule has 6 heteroatoms. The molecule has 0 amide bonds. The molecule has 0 bridgehead atoms. The zero-order valence-corrected chi connectivity index (χ0v) is 9.05. The highest BCUT2D eigenvalue weighted by Gasteiger charge is 2.08. The predicted octanol–water partition coefficient (Wildman–Crippen LogP) is 1.27. The second-order valence-electron chi connectivity index (χ2n) is 2.65. The Balaban J connectivity index is 2.90. The standard InChI is InChI=1S/C8H11NO3S2/c10-14(11,12)8-3-1-2-7(6-8)9-4-5-13/h1-3,6,9,13H,4-5H2,(H,10,11,12). The molecular weight excluding hydrogens is 222 g/mol. The van der Waals surface area contributed by atoms with Gasteiger partial charge in [-0.15, -0.1) is 0 Å². The first-order valence-corrected chi connectivity index (χ1v) is 6.03. The molecule has 0 atom stereocenters. The average Bonchev–Trinajstić information content (AvgIpc) is 2.14. The summed E-state index contributed by atoms with van der Waals surface area (Å²) in [4.78, 5) is -0.110. The molecule has 0 fully saturated rings. The lowest BCUT2D eigenvalue weighted by molar-refractivity contribution is 0.483. The topological polar surface area (TPSA) is 66.4 Å². The zero-order valence-electron chi connectivity index (χ0n) is 7.34. The van der Waals surface area contributed by atoms with E-state index in [0.717, 1.165) is 0 Å². The van der Waals surface area contributed by atoms with E-state index in [4.69, 9.17) is 4.55 Å². The quantitative estimate of drug-likeness (QED) is 0.541. The molecule has 0 aromatic heterocycles. The average molecular weight is 233 g/mol. The van der Waals surface area contributed by atoms with Crippen LogP contribution in [-0.2, 0) is 10.1 Å². The van der Waals surface area contributed by atoms with Gasteiger partial charge in [0.15, 0.2) is 0 Å². The van der Waals surface area contributed by atoms with Crippen molar-refractivity contribution < 1.29 is 13.0 Å². The second kappa shape index (κ2) is 4.68. The van der Waals surface area contributed by atoms with Crippen LogP contribution in [0.2, 0.25) is 0 Å². The van der Waals surface area contributed by atoms with Crippen LogP contribution in [0.4, 0.5) is 5.69 Å². The van der Waals surface area contributed by atoms with Crippen molar-refractivity contribution in [3.05, 3.63) is 24.3 Å². The molecule has 0 heterocycles. The summed E-state index contributed by atoms with van der Waals surface area (Å²) in [5, 5.41) is 2.95. The largest absolute Gasteiger partial charge is 0.384 e. The SMILES string of the molecule is O=S(=O)(O)c1cccc(NCCS)c1. The molecule has 0 aliphatic heterocycles. The maximum atomic E-state index is 10.8. The predicted molar refractivity (Wildman–Crippen MR) is 58.6 cm³/mol. The smallest absolute Gasteiger partial charge is 0.294 e. The minimum Gasteiger partial charge on any atom is -0.384 e. The molecule has 14 heavy (non-hydrogen) atoms. The summed E-state index contributed by atoms with van der Waals surface area (Å²) in [5.74, 6) is 0.649. The van der Waals surface area contributed by atoms with Gasteiger partial charge in [0.05, 0.1) is 4.90 Å². The van der Waals surface area contributed by atoms with Crippen molar-refractivity contribution in [3.63, 3.8) is 0 Å². The summed E-state index contributed by atoms with van der Waals surface area (Å²) in [6, 6.07) is 5.99. The second-order valence-corrected chi connectivity index (χ2v) is 4.52. The molecule has 2 N–H and O–H groups in total. The van der Waals surface area contributed by atoms with E-state index in [1.807, 2.05) is 0 Å². The maximum Gasteiger partial charge on any atom is 0.294 e. The van der Waals surface area contributed by atoms with E-state index in [1.165, 1.54) is 12.1 Å². The van der Waals surface area contributed by atoms with E-state index in [1.54, 1.807) is 12.1 Å². The summed E-state index contributed by atoms with van der Waals surface area (Å²) in [7, 11) is -4.11. The van der Waals surface area contributed by atoms with Gasteiger partial charge >= 0.3 is 0 Å². The summed E-state index contributed by atoms with van der Waals surface area (Å²) in [5.41, 5.74) is 0.647. The van der Waals surface area contributed by atoms with E-state index in [-0.39, 0.29) is 4.90 Å². The van der Waals surface area contributed by atoms with E-state index < -0.39 is 10.1 Å². The lowest BCUT2D eigenvalue weighted by Crippen LogP contribution is -2.04. The number of rotatable bonds is 4. The monoisotopic (exact) mass is 233 g/mol. The van der Waals surface area contributed by atoms with Gasteiger partial charge in [0.25, 0.3) is 10.1 Å².